The lowest BCUT2D eigenvalue weighted by Crippen LogP contribution is -2.54. The van der Waals surface area contributed by atoms with Crippen LogP contribution >= 0.6 is 0 Å². The van der Waals surface area contributed by atoms with Gasteiger partial charge in [-0.25, -0.2) is 0 Å². The Morgan fingerprint density at radius 1 is 1.03 bits per heavy atom. The van der Waals surface area contributed by atoms with Gasteiger partial charge in [0, 0.05) is 54.9 Å². The van der Waals surface area contributed by atoms with Gasteiger partial charge in [0.2, 0.25) is 5.91 Å². The van der Waals surface area contributed by atoms with Crippen molar-refractivity contribution in [3.8, 4) is 0 Å². The van der Waals surface area contributed by atoms with Gasteiger partial charge in [0.25, 0.3) is 5.91 Å². The number of hydrogen-bond acceptors (Lipinski definition) is 7. The van der Waals surface area contributed by atoms with E-state index in [1.165, 1.54) is 24.2 Å². The lowest BCUT2D eigenvalue weighted by molar-refractivity contribution is -0.139. The number of carbonyl (C=O) groups is 3. The van der Waals surface area contributed by atoms with Gasteiger partial charge < -0.3 is 19.9 Å². The van der Waals surface area contributed by atoms with Crippen molar-refractivity contribution in [3.63, 3.8) is 0 Å². The Bertz CT molecular complexity index is 1140. The van der Waals surface area contributed by atoms with E-state index in [0.717, 1.165) is 63.6 Å². The van der Waals surface area contributed by atoms with Crippen molar-refractivity contribution in [1.82, 2.24) is 15.1 Å². The van der Waals surface area contributed by atoms with Crippen LogP contribution in [0.5, 0.6) is 0 Å². The number of piperazine rings is 1. The minimum Gasteiger partial charge on any atom is -0.369 e. The minimum absolute atomic E-state index is 0.00192. The highest BCUT2D eigenvalue weighted by molar-refractivity contribution is 5.99. The quantitative estimate of drug-likeness (QED) is 0.324. The van der Waals surface area contributed by atoms with Gasteiger partial charge in [-0.1, -0.05) is 24.4 Å². The predicted molar refractivity (Wildman–Crippen MR) is 144 cm³/mol. The Hall–Kier alpha value is -3.14. The molecule has 3 heterocycles. The number of ketones is 1. The SMILES string of the molecule is [N-]=[N+]=N[C@H]1CN(C(=O)[C@@H](NC(=O)c2ccc(N3CCN(C4CCC4)CC3)cc2)C2CCCC2)[C@@H]2C(=O)CO[C@H]12. The zero-order valence-corrected chi connectivity index (χ0v) is 22.3. The monoisotopic (exact) mass is 535 g/mol. The molecule has 2 aliphatic carbocycles. The van der Waals surface area contributed by atoms with Crippen molar-refractivity contribution in [2.75, 3.05) is 44.2 Å². The molecule has 39 heavy (non-hydrogen) atoms. The Morgan fingerprint density at radius 3 is 2.38 bits per heavy atom. The van der Waals surface area contributed by atoms with E-state index < -0.39 is 24.2 Å². The number of nitrogens with zero attached hydrogens (tertiary/aromatic N) is 6. The van der Waals surface area contributed by atoms with Crippen LogP contribution in [0.3, 0.4) is 0 Å². The van der Waals surface area contributed by atoms with Gasteiger partial charge in [-0.15, -0.1) is 0 Å². The molecule has 0 unspecified atom stereocenters. The molecule has 11 heteroatoms. The molecule has 5 aliphatic rings. The third-order valence-corrected chi connectivity index (χ3v) is 9.46. The van der Waals surface area contributed by atoms with E-state index in [0.29, 0.717) is 5.56 Å². The summed E-state index contributed by atoms with van der Waals surface area (Å²) in [6.07, 6.45) is 7.06. The van der Waals surface area contributed by atoms with Crippen LogP contribution in [0, 0.1) is 5.92 Å². The summed E-state index contributed by atoms with van der Waals surface area (Å²) >= 11 is 0. The van der Waals surface area contributed by atoms with Crippen LogP contribution in [0.2, 0.25) is 0 Å². The Kier molecular flexibility index (Phi) is 7.47. The number of hydrogen-bond donors (Lipinski definition) is 1. The molecule has 6 rings (SSSR count). The van der Waals surface area contributed by atoms with Crippen molar-refractivity contribution in [1.29, 1.82) is 0 Å². The van der Waals surface area contributed by atoms with E-state index in [4.69, 9.17) is 10.3 Å². The normalized spacial score (nSPS) is 28.6. The molecule has 3 aliphatic heterocycles. The summed E-state index contributed by atoms with van der Waals surface area (Å²) in [6, 6.07) is 6.29. The van der Waals surface area contributed by atoms with E-state index in [2.05, 4.69) is 25.1 Å². The van der Waals surface area contributed by atoms with Crippen molar-refractivity contribution in [3.05, 3.63) is 40.3 Å². The number of azide groups is 1. The van der Waals surface area contributed by atoms with E-state index in [1.807, 2.05) is 24.3 Å². The summed E-state index contributed by atoms with van der Waals surface area (Å²) in [6.45, 7) is 4.13. The molecule has 0 aromatic heterocycles. The zero-order chi connectivity index (χ0) is 26.9. The van der Waals surface area contributed by atoms with Crippen LogP contribution in [0.1, 0.15) is 55.3 Å². The molecule has 1 N–H and O–H groups in total. The summed E-state index contributed by atoms with van der Waals surface area (Å²) in [5, 5.41) is 6.80. The van der Waals surface area contributed by atoms with E-state index in [9.17, 15) is 14.4 Å². The highest BCUT2D eigenvalue weighted by Crippen LogP contribution is 2.34. The van der Waals surface area contributed by atoms with E-state index in [-0.39, 0.29) is 36.7 Å². The molecule has 4 atom stereocenters. The number of carbonyl (C=O) groups excluding carboxylic acids is 3. The van der Waals surface area contributed by atoms with Gasteiger partial charge in [-0.2, -0.15) is 0 Å². The van der Waals surface area contributed by atoms with Gasteiger partial charge in [0.1, 0.15) is 18.7 Å². The van der Waals surface area contributed by atoms with Gasteiger partial charge in [-0.05, 0) is 61.4 Å². The highest BCUT2D eigenvalue weighted by atomic mass is 16.5. The fourth-order valence-electron chi connectivity index (χ4n) is 7.02. The predicted octanol–water partition coefficient (Wildman–Crippen LogP) is 2.51. The summed E-state index contributed by atoms with van der Waals surface area (Å²) in [5.41, 5.74) is 10.6. The molecule has 2 saturated carbocycles. The number of likely N-dealkylation sites (tertiary alicyclic amines) is 1. The molecule has 0 radical (unpaired) electrons. The number of benzene rings is 1. The zero-order valence-electron chi connectivity index (χ0n) is 22.3. The second-order valence-corrected chi connectivity index (χ2v) is 11.6. The van der Waals surface area contributed by atoms with Crippen LogP contribution < -0.4 is 10.2 Å². The third-order valence-electron chi connectivity index (χ3n) is 9.46. The van der Waals surface area contributed by atoms with Gasteiger partial charge in [0.15, 0.2) is 5.78 Å². The van der Waals surface area contributed by atoms with Gasteiger partial charge in [-0.3, -0.25) is 19.3 Å². The lowest BCUT2D eigenvalue weighted by Gasteiger charge is -2.43. The fraction of sp³-hybridized carbons (Fsp3) is 0.679. The maximum atomic E-state index is 13.9. The number of nitrogens with one attached hydrogen (secondary N) is 1. The molecule has 1 aromatic rings. The van der Waals surface area contributed by atoms with E-state index >= 15 is 0 Å². The molecule has 3 saturated heterocycles. The Labute approximate surface area is 228 Å². The number of amides is 2. The van der Waals surface area contributed by atoms with Crippen LogP contribution in [-0.4, -0.2) is 97.0 Å². The molecule has 5 fully saturated rings. The first-order valence-corrected chi connectivity index (χ1v) is 14.4. The van der Waals surface area contributed by atoms with Crippen molar-refractivity contribution >= 4 is 23.3 Å². The summed E-state index contributed by atoms with van der Waals surface area (Å²) < 4.78 is 5.58. The van der Waals surface area contributed by atoms with Crippen LogP contribution in [0.4, 0.5) is 5.69 Å². The number of Topliss-reactive ketones (excluding diaryl/α,β-unsaturated/α-hetero) is 1. The first-order chi connectivity index (χ1) is 19.0. The number of fused-ring (bicyclic) bond motifs is 1. The van der Waals surface area contributed by atoms with Gasteiger partial charge in [0.05, 0.1) is 12.1 Å². The van der Waals surface area contributed by atoms with Crippen molar-refractivity contribution in [2.45, 2.75) is 75.2 Å². The average molecular weight is 536 g/mol. The maximum absolute atomic E-state index is 13.9. The summed E-state index contributed by atoms with van der Waals surface area (Å²) in [7, 11) is 0. The average Bonchev–Trinajstić information content (AvgIpc) is 3.67. The van der Waals surface area contributed by atoms with Crippen molar-refractivity contribution < 1.29 is 19.1 Å². The molecule has 0 bridgehead atoms. The Balaban J connectivity index is 1.13. The Morgan fingerprint density at radius 2 is 1.74 bits per heavy atom. The first kappa shape index (κ1) is 26.1. The molecular formula is C28H37N7O4. The smallest absolute Gasteiger partial charge is 0.251 e. The largest absolute Gasteiger partial charge is 0.369 e. The summed E-state index contributed by atoms with van der Waals surface area (Å²) in [4.78, 5) is 49.2. The maximum Gasteiger partial charge on any atom is 0.251 e. The molecule has 1 aromatic carbocycles. The minimum atomic E-state index is -0.766. The van der Waals surface area contributed by atoms with Crippen LogP contribution in [0.25, 0.3) is 10.4 Å². The molecule has 11 nitrogen and oxygen atoms in total. The summed E-state index contributed by atoms with van der Waals surface area (Å²) in [5.74, 6) is -0.773. The van der Waals surface area contributed by atoms with Gasteiger partial charge >= 0.3 is 0 Å². The molecule has 208 valence electrons. The topological polar surface area (TPSA) is 131 Å². The molecule has 0 spiro atoms. The number of rotatable bonds is 7. The molecular weight excluding hydrogens is 498 g/mol. The first-order valence-electron chi connectivity index (χ1n) is 14.4. The molecule has 2 amide bonds. The second kappa shape index (κ2) is 11.2. The van der Waals surface area contributed by atoms with Crippen LogP contribution in [-0.2, 0) is 14.3 Å². The third kappa shape index (κ3) is 5.11. The highest BCUT2D eigenvalue weighted by Gasteiger charge is 2.53. The fourth-order valence-corrected chi connectivity index (χ4v) is 7.02. The number of ether oxygens (including phenoxy) is 1. The van der Waals surface area contributed by atoms with E-state index in [1.54, 1.807) is 0 Å². The standard InChI is InChI=1S/C28H37N7O4/c29-32-31-22-16-35(25-23(36)17-39-26(22)25)28(38)24(18-4-1-2-5-18)30-27(37)19-8-10-21(11-9-19)34-14-12-33(13-15-34)20-6-3-7-20/h8-11,18,20,22,24-26H,1-7,12-17H2,(H,30,37)/t22-,24-,25+,26+/m0/s1. The number of anilines is 1. The lowest BCUT2D eigenvalue weighted by atomic mass is 9.91. The van der Waals surface area contributed by atoms with Crippen LogP contribution in [0.15, 0.2) is 29.4 Å². The second-order valence-electron chi connectivity index (χ2n) is 11.6. The van der Waals surface area contributed by atoms with Crippen molar-refractivity contribution in [2.24, 2.45) is 11.0 Å².